The zero-order valence-electron chi connectivity index (χ0n) is 16.2. The highest BCUT2D eigenvalue weighted by atomic mass is 16.5. The molecule has 8 heteroatoms. The first-order chi connectivity index (χ1) is 14.0. The molecule has 0 aromatic heterocycles. The molecule has 4 aliphatic rings. The lowest BCUT2D eigenvalue weighted by Crippen LogP contribution is -2.54. The van der Waals surface area contributed by atoms with Crippen molar-refractivity contribution in [3.63, 3.8) is 0 Å². The molecule has 1 aromatic carbocycles. The summed E-state index contributed by atoms with van der Waals surface area (Å²) in [6, 6.07) is 7.61. The second-order valence-electron chi connectivity index (χ2n) is 8.06. The largest absolute Gasteiger partial charge is 0.497 e. The fourth-order valence-corrected chi connectivity index (χ4v) is 5.02. The van der Waals surface area contributed by atoms with E-state index in [2.05, 4.69) is 5.32 Å². The Morgan fingerprint density at radius 3 is 3.03 bits per heavy atom. The maximum atomic E-state index is 13.3. The molecule has 3 saturated heterocycles. The van der Waals surface area contributed by atoms with Crippen LogP contribution in [-0.2, 0) is 25.7 Å². The molecule has 1 spiro atoms. The van der Waals surface area contributed by atoms with Crippen LogP contribution in [0.1, 0.15) is 5.56 Å². The number of ether oxygens (including phenoxy) is 2. The molecule has 0 unspecified atom stereocenters. The molecule has 5 rings (SSSR count). The van der Waals surface area contributed by atoms with E-state index in [0.29, 0.717) is 26.2 Å². The van der Waals surface area contributed by atoms with Crippen LogP contribution in [0.5, 0.6) is 5.75 Å². The van der Waals surface area contributed by atoms with Gasteiger partial charge in [-0.3, -0.25) is 14.4 Å². The van der Waals surface area contributed by atoms with Crippen LogP contribution in [0.25, 0.3) is 0 Å². The lowest BCUT2D eigenvalue weighted by atomic mass is 9.76. The van der Waals surface area contributed by atoms with Crippen LogP contribution in [0.4, 0.5) is 0 Å². The van der Waals surface area contributed by atoms with Crippen LogP contribution >= 0.6 is 0 Å². The second-order valence-corrected chi connectivity index (χ2v) is 8.06. The molecule has 1 aromatic rings. The van der Waals surface area contributed by atoms with Gasteiger partial charge in [-0.1, -0.05) is 24.3 Å². The van der Waals surface area contributed by atoms with Crippen LogP contribution in [-0.4, -0.2) is 72.5 Å². The van der Waals surface area contributed by atoms with E-state index in [0.717, 1.165) is 11.3 Å². The topological polar surface area (TPSA) is 88.2 Å². The van der Waals surface area contributed by atoms with E-state index >= 15 is 0 Å². The molecule has 2 bridgehead atoms. The minimum absolute atomic E-state index is 0.0349. The van der Waals surface area contributed by atoms with Crippen molar-refractivity contribution in [2.45, 2.75) is 18.2 Å². The quantitative estimate of drug-likeness (QED) is 0.719. The summed E-state index contributed by atoms with van der Waals surface area (Å²) in [5.74, 6) is -0.788. The number of methoxy groups -OCH3 is 1. The van der Waals surface area contributed by atoms with Crippen LogP contribution in [0.15, 0.2) is 36.4 Å². The van der Waals surface area contributed by atoms with Gasteiger partial charge in [0.15, 0.2) is 0 Å². The molecule has 3 fully saturated rings. The predicted molar refractivity (Wildman–Crippen MR) is 102 cm³/mol. The molecule has 0 radical (unpaired) electrons. The van der Waals surface area contributed by atoms with E-state index in [9.17, 15) is 14.4 Å². The third kappa shape index (κ3) is 2.81. The summed E-state index contributed by atoms with van der Waals surface area (Å²) < 4.78 is 11.4. The van der Waals surface area contributed by atoms with Crippen LogP contribution in [0.3, 0.4) is 0 Å². The lowest BCUT2D eigenvalue weighted by molar-refractivity contribution is -0.146. The smallest absolute Gasteiger partial charge is 0.239 e. The van der Waals surface area contributed by atoms with E-state index in [1.165, 1.54) is 0 Å². The summed E-state index contributed by atoms with van der Waals surface area (Å²) >= 11 is 0. The Morgan fingerprint density at radius 1 is 1.38 bits per heavy atom. The molecular weight excluding hydrogens is 374 g/mol. The van der Waals surface area contributed by atoms with Gasteiger partial charge >= 0.3 is 0 Å². The van der Waals surface area contributed by atoms with Gasteiger partial charge in [-0.05, 0) is 17.7 Å². The maximum Gasteiger partial charge on any atom is 0.239 e. The fourth-order valence-electron chi connectivity index (χ4n) is 5.02. The zero-order chi connectivity index (χ0) is 20.2. The molecule has 3 amide bonds. The van der Waals surface area contributed by atoms with Crippen molar-refractivity contribution in [2.75, 3.05) is 33.3 Å². The van der Waals surface area contributed by atoms with Gasteiger partial charge in [0, 0.05) is 19.6 Å². The third-order valence-electron chi connectivity index (χ3n) is 6.32. The number of fused-ring (bicyclic) bond motifs is 1. The Balaban J connectivity index is 1.38. The van der Waals surface area contributed by atoms with Crippen LogP contribution < -0.4 is 10.1 Å². The average Bonchev–Trinajstić information content (AvgIpc) is 3.36. The number of hydrogen-bond donors (Lipinski definition) is 1. The number of carbonyl (C=O) groups excluding carboxylic acids is 3. The van der Waals surface area contributed by atoms with Gasteiger partial charge in [-0.15, -0.1) is 0 Å². The molecule has 0 aliphatic carbocycles. The first kappa shape index (κ1) is 18.2. The summed E-state index contributed by atoms with van der Waals surface area (Å²) in [4.78, 5) is 41.6. The number of benzene rings is 1. The average molecular weight is 397 g/mol. The number of amides is 3. The molecule has 152 valence electrons. The highest BCUT2D eigenvalue weighted by Gasteiger charge is 2.67. The van der Waals surface area contributed by atoms with Gasteiger partial charge in [0.2, 0.25) is 17.7 Å². The van der Waals surface area contributed by atoms with Crippen molar-refractivity contribution >= 4 is 17.7 Å². The molecule has 4 heterocycles. The molecule has 4 aliphatic heterocycles. The van der Waals surface area contributed by atoms with Crippen LogP contribution in [0, 0.1) is 11.8 Å². The van der Waals surface area contributed by atoms with Crippen molar-refractivity contribution in [1.82, 2.24) is 15.1 Å². The first-order valence-electron chi connectivity index (χ1n) is 9.85. The molecule has 0 saturated carbocycles. The molecular formula is C21H23N3O5. The number of rotatable bonds is 4. The van der Waals surface area contributed by atoms with E-state index in [4.69, 9.17) is 9.47 Å². The lowest BCUT2D eigenvalue weighted by Gasteiger charge is -2.32. The number of piperazine rings is 1. The monoisotopic (exact) mass is 397 g/mol. The SMILES string of the molecule is COc1cccc(CN2C[C@]34C=C[C@H](O3)[C@H](C(=O)N3CCNC(=O)C3)[C@H]4C2=O)c1. The Bertz CT molecular complexity index is 915. The molecule has 8 nitrogen and oxygen atoms in total. The number of carbonyl (C=O) groups is 3. The number of likely N-dealkylation sites (tertiary alicyclic amines) is 1. The zero-order valence-corrected chi connectivity index (χ0v) is 16.2. The summed E-state index contributed by atoms with van der Waals surface area (Å²) in [6.45, 7) is 1.78. The van der Waals surface area contributed by atoms with Gasteiger partial charge in [0.1, 0.15) is 11.4 Å². The fraction of sp³-hybridized carbons (Fsp3) is 0.476. The summed E-state index contributed by atoms with van der Waals surface area (Å²) in [5.41, 5.74) is 0.210. The number of hydrogen-bond acceptors (Lipinski definition) is 5. The number of nitrogens with zero attached hydrogens (tertiary/aromatic N) is 2. The Hall–Kier alpha value is -2.87. The summed E-state index contributed by atoms with van der Waals surface area (Å²) in [7, 11) is 1.61. The van der Waals surface area contributed by atoms with Crippen LogP contribution in [0.2, 0.25) is 0 Å². The van der Waals surface area contributed by atoms with Gasteiger partial charge in [0.25, 0.3) is 0 Å². The molecule has 1 N–H and O–H groups in total. The summed E-state index contributed by atoms with van der Waals surface area (Å²) in [5, 5.41) is 2.73. The maximum absolute atomic E-state index is 13.3. The van der Waals surface area contributed by atoms with E-state index < -0.39 is 23.5 Å². The van der Waals surface area contributed by atoms with Crippen molar-refractivity contribution in [3.05, 3.63) is 42.0 Å². The summed E-state index contributed by atoms with van der Waals surface area (Å²) in [6.07, 6.45) is 3.43. The molecule has 4 atom stereocenters. The van der Waals surface area contributed by atoms with E-state index in [1.807, 2.05) is 36.4 Å². The molecule has 29 heavy (non-hydrogen) atoms. The minimum atomic E-state index is -0.751. The third-order valence-corrected chi connectivity index (χ3v) is 6.32. The normalized spacial score (nSPS) is 32.5. The minimum Gasteiger partial charge on any atom is -0.497 e. The van der Waals surface area contributed by atoms with Gasteiger partial charge in [-0.25, -0.2) is 0 Å². The highest BCUT2D eigenvalue weighted by molar-refractivity contribution is 5.94. The van der Waals surface area contributed by atoms with Gasteiger partial charge in [-0.2, -0.15) is 0 Å². The van der Waals surface area contributed by atoms with Crippen molar-refractivity contribution in [3.8, 4) is 5.75 Å². The highest BCUT2D eigenvalue weighted by Crippen LogP contribution is 2.52. The van der Waals surface area contributed by atoms with E-state index in [1.54, 1.807) is 16.9 Å². The second kappa shape index (κ2) is 6.59. The Labute approximate surface area is 168 Å². The van der Waals surface area contributed by atoms with Gasteiger partial charge < -0.3 is 24.6 Å². The van der Waals surface area contributed by atoms with Gasteiger partial charge in [0.05, 0.1) is 38.1 Å². The number of nitrogens with one attached hydrogen (secondary N) is 1. The Morgan fingerprint density at radius 2 is 2.24 bits per heavy atom. The standard InChI is InChI=1S/C21H23N3O5/c1-28-14-4-2-3-13(9-14)10-24-12-21-6-5-15(29-21)17(18(21)20(24)27)19(26)23-8-7-22-16(25)11-23/h2-6,9,15,17-18H,7-8,10-12H2,1H3,(H,22,25)/t15-,17-,18-,21-/m0/s1. The predicted octanol–water partition coefficient (Wildman–Crippen LogP) is -0.0644. The van der Waals surface area contributed by atoms with Crippen molar-refractivity contribution < 1.29 is 23.9 Å². The van der Waals surface area contributed by atoms with Crippen molar-refractivity contribution in [1.29, 1.82) is 0 Å². The first-order valence-corrected chi connectivity index (χ1v) is 9.85. The Kier molecular flexibility index (Phi) is 4.13. The van der Waals surface area contributed by atoms with Crippen molar-refractivity contribution in [2.24, 2.45) is 11.8 Å². The van der Waals surface area contributed by atoms with E-state index in [-0.39, 0.29) is 24.3 Å².